The van der Waals surface area contributed by atoms with Crippen LogP contribution >= 0.6 is 11.6 Å². The highest BCUT2D eigenvalue weighted by Crippen LogP contribution is 2.39. The van der Waals surface area contributed by atoms with Gasteiger partial charge in [0.25, 0.3) is 0 Å². The Bertz CT molecular complexity index is 3010. The molecule has 9 rings (SSSR count). The van der Waals surface area contributed by atoms with E-state index in [4.69, 9.17) is 21.6 Å². The third-order valence-electron chi connectivity index (χ3n) is 14.1. The summed E-state index contributed by atoms with van der Waals surface area (Å²) in [7, 11) is 0. The van der Waals surface area contributed by atoms with Crippen LogP contribution in [-0.4, -0.2) is 115 Å². The molecule has 370 valence electrons. The summed E-state index contributed by atoms with van der Waals surface area (Å²) in [6.07, 6.45) is 3.51. The molecule has 2 amide bonds. The molecule has 0 bridgehead atoms. The molecule has 0 aliphatic carbocycles. The summed E-state index contributed by atoms with van der Waals surface area (Å²) in [5, 5.41) is 46.9. The van der Waals surface area contributed by atoms with Gasteiger partial charge in [-0.05, 0) is 91.5 Å². The van der Waals surface area contributed by atoms with E-state index < -0.39 is 5.69 Å². The van der Waals surface area contributed by atoms with E-state index in [0.717, 1.165) is 71.6 Å². The zero-order valence-electron chi connectivity index (χ0n) is 40.5. The maximum atomic E-state index is 13.4. The van der Waals surface area contributed by atoms with E-state index in [1.165, 1.54) is 10.6 Å². The molecule has 0 spiro atoms. The van der Waals surface area contributed by atoms with Gasteiger partial charge in [-0.15, -0.1) is 0 Å². The number of halogens is 1. The quantitative estimate of drug-likeness (QED) is 0.0652. The molecule has 0 radical (unpaired) electrons. The summed E-state index contributed by atoms with van der Waals surface area (Å²) >= 11 is 6.78. The number of phenolic OH excluding ortho intramolecular Hbond substituents is 2. The van der Waals surface area contributed by atoms with Crippen molar-refractivity contribution in [1.82, 2.24) is 39.8 Å². The van der Waals surface area contributed by atoms with Crippen molar-refractivity contribution >= 4 is 51.6 Å². The molecule has 3 aliphatic rings. The predicted molar refractivity (Wildman–Crippen MR) is 275 cm³/mol. The van der Waals surface area contributed by atoms with Crippen molar-refractivity contribution < 1.29 is 19.8 Å². The highest BCUT2D eigenvalue weighted by molar-refractivity contribution is 6.36. The molecule has 2 aromatic heterocycles. The van der Waals surface area contributed by atoms with E-state index in [0.29, 0.717) is 92.9 Å². The fourth-order valence-corrected chi connectivity index (χ4v) is 10.6. The number of nitrogens with zero attached hydrogens (tertiary/aromatic N) is 9. The minimum Gasteiger partial charge on any atom is -0.508 e. The van der Waals surface area contributed by atoms with Gasteiger partial charge >= 0.3 is 5.69 Å². The number of piperidine rings is 1. The fraction of sp³-hybridized carbons (Fsp3) is 0.415. The second-order valence-corrected chi connectivity index (χ2v) is 19.5. The van der Waals surface area contributed by atoms with Crippen LogP contribution in [-0.2, 0) is 29.1 Å². The molecule has 2 saturated heterocycles. The number of H-pyrrole nitrogens is 1. The van der Waals surface area contributed by atoms with Crippen LogP contribution in [0.1, 0.15) is 81.2 Å². The number of rotatable bonds is 15. The van der Waals surface area contributed by atoms with Crippen LogP contribution in [0.15, 0.2) is 77.6 Å². The first kappa shape index (κ1) is 48.8. The number of nitriles is 1. The molecule has 17 nitrogen and oxygen atoms in total. The Morgan fingerprint density at radius 2 is 1.72 bits per heavy atom. The van der Waals surface area contributed by atoms with Crippen molar-refractivity contribution in [3.05, 3.63) is 111 Å². The van der Waals surface area contributed by atoms with Gasteiger partial charge < -0.3 is 35.5 Å². The highest BCUT2D eigenvalue weighted by atomic mass is 35.5. The topological polar surface area (TPSA) is 212 Å². The van der Waals surface area contributed by atoms with Gasteiger partial charge in [-0.1, -0.05) is 68.8 Å². The van der Waals surface area contributed by atoms with Crippen molar-refractivity contribution in [3.8, 4) is 34.6 Å². The Labute approximate surface area is 418 Å². The number of phenols is 2. The summed E-state index contributed by atoms with van der Waals surface area (Å²) in [5.41, 5.74) is 5.23. The monoisotopic (exact) mass is 980 g/mol. The Morgan fingerprint density at radius 3 is 2.46 bits per heavy atom. The fourth-order valence-electron chi connectivity index (χ4n) is 10.3. The Hall–Kier alpha value is -7.16. The Kier molecular flexibility index (Phi) is 14.8. The zero-order chi connectivity index (χ0) is 49.8. The molecule has 0 saturated carbocycles. The molecular weight excluding hydrogens is 920 g/mol. The molecule has 3 aliphatic heterocycles. The first-order valence-corrected chi connectivity index (χ1v) is 25.1. The standard InChI is InChI=1S/C53H61ClN12O5/c1-4-47(69)65-27-26-64(31-38(65)16-20-55)49-39-19-25-63(44-11-6-9-35-8-5-10-42(54)48(35)44)32-43(39)58-52(59-49)57-22-7-21-56-51(70)36-17-23-62(24-18-36)30-34-12-14-37(15-13-34)66-50(60-61-53(66)71)41-28-40(33(2)3)45(67)29-46(41)68/h5-6,8-15,28-29,33,36,38,67-68H,4,7,16-19,21-27,30-32H2,1-3H3,(H,56,70)(H,61,71)(H,57,58,59)/t38-/m0/s1. The van der Waals surface area contributed by atoms with Crippen molar-refractivity contribution in [2.75, 3.05) is 67.5 Å². The molecular formula is C53H61ClN12O5. The van der Waals surface area contributed by atoms with Crippen molar-refractivity contribution in [2.24, 2.45) is 5.92 Å². The molecule has 18 heteroatoms. The summed E-state index contributed by atoms with van der Waals surface area (Å²) in [4.78, 5) is 58.1. The number of amides is 2. The molecule has 71 heavy (non-hydrogen) atoms. The van der Waals surface area contributed by atoms with E-state index in [-0.39, 0.29) is 53.4 Å². The van der Waals surface area contributed by atoms with E-state index in [9.17, 15) is 29.9 Å². The molecule has 2 fully saturated rings. The average molecular weight is 982 g/mol. The molecule has 1 atom stereocenters. The van der Waals surface area contributed by atoms with E-state index in [1.807, 2.05) is 62.1 Å². The van der Waals surface area contributed by atoms with E-state index in [2.05, 4.69) is 65.9 Å². The molecule has 0 unspecified atom stereocenters. The number of benzene rings is 4. The van der Waals surface area contributed by atoms with Gasteiger partial charge in [-0.25, -0.2) is 19.4 Å². The Morgan fingerprint density at radius 1 is 0.944 bits per heavy atom. The van der Waals surface area contributed by atoms with Gasteiger partial charge in [-0.3, -0.25) is 14.5 Å². The number of fused-ring (bicyclic) bond motifs is 2. The first-order valence-electron chi connectivity index (χ1n) is 24.7. The minimum absolute atomic E-state index is 0.0117. The predicted octanol–water partition coefficient (Wildman–Crippen LogP) is 7.09. The number of aromatic hydroxyl groups is 2. The molecule has 5 heterocycles. The van der Waals surface area contributed by atoms with Crippen LogP contribution in [0.25, 0.3) is 27.8 Å². The zero-order valence-corrected chi connectivity index (χ0v) is 41.3. The number of carbonyl (C=O) groups is 2. The maximum absolute atomic E-state index is 13.4. The average Bonchev–Trinajstić information content (AvgIpc) is 3.76. The van der Waals surface area contributed by atoms with Gasteiger partial charge in [0.05, 0.1) is 47.0 Å². The van der Waals surface area contributed by atoms with Gasteiger partial charge in [0.15, 0.2) is 5.82 Å². The molecule has 6 aromatic rings. The molecule has 5 N–H and O–H groups in total. The number of likely N-dealkylation sites (tertiary alicyclic amines) is 1. The van der Waals surface area contributed by atoms with E-state index >= 15 is 0 Å². The number of hydrogen-bond donors (Lipinski definition) is 5. The van der Waals surface area contributed by atoms with Crippen LogP contribution in [0.2, 0.25) is 5.02 Å². The van der Waals surface area contributed by atoms with Gasteiger partial charge in [0.2, 0.25) is 17.8 Å². The smallest absolute Gasteiger partial charge is 0.348 e. The number of carbonyl (C=O) groups excluding carboxylic acids is 2. The SMILES string of the molecule is CCC(=O)N1CCN(c2nc(NCCCNC(=O)C3CCN(Cc4ccc(-n5c(-c6cc(C(C)C)c(O)cc6O)n[nH]c5=O)cc4)CC3)nc3c2CCN(c2cccc4cccc(Cl)c24)C3)C[C@@H]1CC#N. The summed E-state index contributed by atoms with van der Waals surface area (Å²) in [6.45, 7) is 12.0. The highest BCUT2D eigenvalue weighted by Gasteiger charge is 2.34. The number of piperazine rings is 1. The van der Waals surface area contributed by atoms with Gasteiger partial charge in [0.1, 0.15) is 17.3 Å². The van der Waals surface area contributed by atoms with Crippen molar-refractivity contribution in [2.45, 2.75) is 84.3 Å². The number of aromatic amines is 1. The lowest BCUT2D eigenvalue weighted by molar-refractivity contribution is -0.133. The van der Waals surface area contributed by atoms with Crippen LogP contribution in [0.4, 0.5) is 17.5 Å². The number of nitrogens with one attached hydrogen (secondary N) is 3. The molecule has 4 aromatic carbocycles. The van der Waals surface area contributed by atoms with Crippen LogP contribution in [0.5, 0.6) is 11.5 Å². The third kappa shape index (κ3) is 10.5. The maximum Gasteiger partial charge on any atom is 0.348 e. The first-order chi connectivity index (χ1) is 34.4. The number of anilines is 3. The largest absolute Gasteiger partial charge is 0.508 e. The third-order valence-corrected chi connectivity index (χ3v) is 14.4. The van der Waals surface area contributed by atoms with Crippen LogP contribution < -0.4 is 26.1 Å². The lowest BCUT2D eigenvalue weighted by Gasteiger charge is -2.42. The van der Waals surface area contributed by atoms with Crippen molar-refractivity contribution in [1.29, 1.82) is 5.26 Å². The normalized spacial score (nSPS) is 16.6. The van der Waals surface area contributed by atoms with Crippen molar-refractivity contribution in [3.63, 3.8) is 0 Å². The van der Waals surface area contributed by atoms with Gasteiger partial charge in [0, 0.05) is 80.9 Å². The Balaban J connectivity index is 0.797. The summed E-state index contributed by atoms with van der Waals surface area (Å²) in [6, 6.07) is 24.9. The number of aromatic nitrogens is 5. The minimum atomic E-state index is -0.447. The van der Waals surface area contributed by atoms with Crippen LogP contribution in [0, 0.1) is 17.2 Å². The van der Waals surface area contributed by atoms with Gasteiger partial charge in [-0.2, -0.15) is 15.3 Å². The lowest BCUT2D eigenvalue weighted by atomic mass is 9.95. The van der Waals surface area contributed by atoms with Crippen LogP contribution in [0.3, 0.4) is 0 Å². The lowest BCUT2D eigenvalue weighted by Crippen LogP contribution is -2.55. The summed E-state index contributed by atoms with van der Waals surface area (Å²) < 4.78 is 1.41. The number of hydrogen-bond acceptors (Lipinski definition) is 13. The second kappa shape index (κ2) is 21.5. The van der Waals surface area contributed by atoms with E-state index in [1.54, 1.807) is 6.07 Å². The summed E-state index contributed by atoms with van der Waals surface area (Å²) in [5.74, 6) is 1.41. The second-order valence-electron chi connectivity index (χ2n) is 19.0.